The molecule has 0 spiro atoms. The van der Waals surface area contributed by atoms with Gasteiger partial charge in [0.05, 0.1) is 5.75 Å². The molecule has 0 aliphatic heterocycles. The first-order chi connectivity index (χ1) is 7.83. The Morgan fingerprint density at radius 3 is 2.59 bits per heavy atom. The predicted molar refractivity (Wildman–Crippen MR) is 67.6 cm³/mol. The lowest BCUT2D eigenvalue weighted by atomic mass is 10.3. The molecule has 6 nitrogen and oxygen atoms in total. The highest BCUT2D eigenvalue weighted by molar-refractivity contribution is 7.89. The fourth-order valence-electron chi connectivity index (χ4n) is 1.17. The first-order valence-corrected chi connectivity index (χ1v) is 7.20. The molecule has 0 fully saturated rings. The van der Waals surface area contributed by atoms with Gasteiger partial charge in [0.25, 0.3) is 0 Å². The van der Waals surface area contributed by atoms with Crippen LogP contribution < -0.4 is 10.5 Å². The highest BCUT2D eigenvalue weighted by Crippen LogP contribution is 2.19. The second-order valence-electron chi connectivity index (χ2n) is 3.55. The number of nitrogens with one attached hydrogen (secondary N) is 1. The van der Waals surface area contributed by atoms with Crippen LogP contribution in [0.4, 0.5) is 5.82 Å². The van der Waals surface area contributed by atoms with Crippen molar-refractivity contribution in [3.05, 3.63) is 16.5 Å². The molecule has 96 valence electrons. The van der Waals surface area contributed by atoms with Gasteiger partial charge in [0.15, 0.2) is 0 Å². The third kappa shape index (κ3) is 4.45. The number of aromatic nitrogens is 2. The summed E-state index contributed by atoms with van der Waals surface area (Å²) in [5, 5.41) is 8.16. The van der Waals surface area contributed by atoms with Gasteiger partial charge in [0, 0.05) is 18.5 Å². The van der Waals surface area contributed by atoms with E-state index in [2.05, 4.69) is 15.3 Å². The topological polar surface area (TPSA) is 98.0 Å². The number of halogens is 1. The van der Waals surface area contributed by atoms with E-state index in [4.69, 9.17) is 16.7 Å². The minimum Gasteiger partial charge on any atom is -0.369 e. The van der Waals surface area contributed by atoms with Crippen molar-refractivity contribution in [2.75, 3.05) is 17.6 Å². The van der Waals surface area contributed by atoms with Crippen molar-refractivity contribution >= 4 is 27.4 Å². The number of sulfonamides is 1. The van der Waals surface area contributed by atoms with Gasteiger partial charge in [0.2, 0.25) is 10.0 Å². The zero-order valence-electron chi connectivity index (χ0n) is 9.70. The van der Waals surface area contributed by atoms with Crippen molar-refractivity contribution in [1.29, 1.82) is 0 Å². The van der Waals surface area contributed by atoms with Gasteiger partial charge in [-0.1, -0.05) is 18.5 Å². The highest BCUT2D eigenvalue weighted by atomic mass is 35.5. The summed E-state index contributed by atoms with van der Waals surface area (Å²) in [5.41, 5.74) is 0.693. The van der Waals surface area contributed by atoms with E-state index in [0.29, 0.717) is 28.8 Å². The van der Waals surface area contributed by atoms with Crippen LogP contribution in [0.3, 0.4) is 0 Å². The molecule has 17 heavy (non-hydrogen) atoms. The molecule has 0 unspecified atom stereocenters. The zero-order chi connectivity index (χ0) is 13.1. The van der Waals surface area contributed by atoms with Crippen molar-refractivity contribution in [2.24, 2.45) is 5.14 Å². The van der Waals surface area contributed by atoms with Crippen molar-refractivity contribution in [2.45, 2.75) is 20.3 Å². The lowest BCUT2D eigenvalue weighted by molar-refractivity contribution is 0.598. The molecule has 0 aliphatic rings. The van der Waals surface area contributed by atoms with Crippen LogP contribution in [0.2, 0.25) is 5.15 Å². The molecule has 0 saturated heterocycles. The van der Waals surface area contributed by atoms with E-state index >= 15 is 0 Å². The van der Waals surface area contributed by atoms with Crippen LogP contribution in [-0.2, 0) is 16.4 Å². The maximum absolute atomic E-state index is 10.8. The Labute approximate surface area is 106 Å². The molecular formula is C9H15ClN4O2S. The second kappa shape index (κ2) is 5.61. The Hall–Kier alpha value is -0.920. The molecule has 0 saturated carbocycles. The van der Waals surface area contributed by atoms with Crippen LogP contribution in [0.15, 0.2) is 0 Å². The van der Waals surface area contributed by atoms with Crippen LogP contribution in [0.25, 0.3) is 0 Å². The number of rotatable bonds is 5. The number of nitrogens with two attached hydrogens (primary N) is 1. The summed E-state index contributed by atoms with van der Waals surface area (Å²) in [4.78, 5) is 8.31. The molecule has 0 bridgehead atoms. The third-order valence-corrected chi connectivity index (χ3v) is 3.27. The Morgan fingerprint density at radius 1 is 1.41 bits per heavy atom. The molecule has 8 heteroatoms. The van der Waals surface area contributed by atoms with E-state index in [-0.39, 0.29) is 12.3 Å². The Kier molecular flexibility index (Phi) is 4.67. The normalized spacial score (nSPS) is 11.5. The maximum atomic E-state index is 10.8. The smallest absolute Gasteiger partial charge is 0.210 e. The summed E-state index contributed by atoms with van der Waals surface area (Å²) in [6.45, 7) is 3.87. The average Bonchev–Trinajstić information content (AvgIpc) is 2.22. The Balaban J connectivity index is 2.80. The van der Waals surface area contributed by atoms with Gasteiger partial charge in [-0.2, -0.15) is 0 Å². The monoisotopic (exact) mass is 278 g/mol. The van der Waals surface area contributed by atoms with E-state index in [1.165, 1.54) is 0 Å². The van der Waals surface area contributed by atoms with Crippen LogP contribution in [0.1, 0.15) is 18.3 Å². The van der Waals surface area contributed by atoms with Crippen LogP contribution in [-0.4, -0.2) is 30.7 Å². The van der Waals surface area contributed by atoms with Crippen molar-refractivity contribution in [1.82, 2.24) is 9.97 Å². The molecule has 0 radical (unpaired) electrons. The Bertz CT molecular complexity index is 504. The van der Waals surface area contributed by atoms with E-state index in [1.807, 2.05) is 6.92 Å². The van der Waals surface area contributed by atoms with Crippen LogP contribution >= 0.6 is 11.6 Å². The summed E-state index contributed by atoms with van der Waals surface area (Å²) < 4.78 is 21.6. The van der Waals surface area contributed by atoms with Gasteiger partial charge in [0.1, 0.15) is 16.8 Å². The highest BCUT2D eigenvalue weighted by Gasteiger charge is 2.09. The first kappa shape index (κ1) is 14.1. The van der Waals surface area contributed by atoms with E-state index < -0.39 is 10.0 Å². The summed E-state index contributed by atoms with van der Waals surface area (Å²) in [5.74, 6) is 0.999. The fraction of sp³-hybridized carbons (Fsp3) is 0.556. The van der Waals surface area contributed by atoms with Gasteiger partial charge in [-0.15, -0.1) is 0 Å². The molecular weight excluding hydrogens is 264 g/mol. The fourth-order valence-corrected chi connectivity index (χ4v) is 1.75. The number of nitrogens with zero attached hydrogens (tertiary/aromatic N) is 2. The standard InChI is InChI=1S/C9H15ClN4O2S/c1-3-7-13-8(10)6(2)9(14-7)12-4-5-17(11,15)16/h3-5H2,1-2H3,(H2,11,15,16)(H,12,13,14). The first-order valence-electron chi connectivity index (χ1n) is 5.11. The maximum Gasteiger partial charge on any atom is 0.210 e. The van der Waals surface area contributed by atoms with E-state index in [0.717, 1.165) is 0 Å². The van der Waals surface area contributed by atoms with Crippen molar-refractivity contribution < 1.29 is 8.42 Å². The quantitative estimate of drug-likeness (QED) is 0.773. The number of anilines is 1. The van der Waals surface area contributed by atoms with Gasteiger partial charge in [-0.3, -0.25) is 0 Å². The Morgan fingerprint density at radius 2 is 2.06 bits per heavy atom. The minimum atomic E-state index is -3.47. The summed E-state index contributed by atoms with van der Waals surface area (Å²) in [6, 6.07) is 0. The number of primary sulfonamides is 1. The average molecular weight is 279 g/mol. The van der Waals surface area contributed by atoms with E-state index in [9.17, 15) is 8.42 Å². The molecule has 1 aromatic rings. The molecule has 0 aromatic carbocycles. The summed E-state index contributed by atoms with van der Waals surface area (Å²) in [7, 11) is -3.47. The molecule has 0 aliphatic carbocycles. The molecule has 0 amide bonds. The lowest BCUT2D eigenvalue weighted by Gasteiger charge is -2.10. The van der Waals surface area contributed by atoms with Gasteiger partial charge >= 0.3 is 0 Å². The summed E-state index contributed by atoms with van der Waals surface area (Å²) >= 11 is 5.93. The van der Waals surface area contributed by atoms with Gasteiger partial charge in [-0.25, -0.2) is 23.5 Å². The lowest BCUT2D eigenvalue weighted by Crippen LogP contribution is -2.23. The third-order valence-electron chi connectivity index (χ3n) is 2.13. The zero-order valence-corrected chi connectivity index (χ0v) is 11.3. The van der Waals surface area contributed by atoms with Crippen molar-refractivity contribution in [3.8, 4) is 0 Å². The van der Waals surface area contributed by atoms with Crippen molar-refractivity contribution in [3.63, 3.8) is 0 Å². The second-order valence-corrected chi connectivity index (χ2v) is 5.64. The van der Waals surface area contributed by atoms with Gasteiger partial charge in [-0.05, 0) is 6.92 Å². The van der Waals surface area contributed by atoms with Gasteiger partial charge < -0.3 is 5.32 Å². The molecule has 1 aromatic heterocycles. The SMILES string of the molecule is CCc1nc(Cl)c(C)c(NCCS(N)(=O)=O)n1. The molecule has 0 atom stereocenters. The number of hydrogen-bond donors (Lipinski definition) is 2. The molecule has 3 N–H and O–H groups in total. The van der Waals surface area contributed by atoms with Crippen LogP contribution in [0, 0.1) is 6.92 Å². The summed E-state index contributed by atoms with van der Waals surface area (Å²) in [6.07, 6.45) is 0.657. The number of hydrogen-bond acceptors (Lipinski definition) is 5. The largest absolute Gasteiger partial charge is 0.369 e. The van der Waals surface area contributed by atoms with Crippen LogP contribution in [0.5, 0.6) is 0 Å². The molecule has 1 heterocycles. The van der Waals surface area contributed by atoms with E-state index in [1.54, 1.807) is 6.92 Å². The molecule has 1 rings (SSSR count). The predicted octanol–water partition coefficient (Wildman–Crippen LogP) is 0.701. The minimum absolute atomic E-state index is 0.157. The number of aryl methyl sites for hydroxylation is 1.